The Balaban J connectivity index is 1.59. The summed E-state index contributed by atoms with van der Waals surface area (Å²) >= 11 is 1.45. The number of rotatable bonds is 7. The second-order valence-corrected chi connectivity index (χ2v) is 7.83. The van der Waals surface area contributed by atoms with Crippen molar-refractivity contribution in [3.8, 4) is 11.4 Å². The van der Waals surface area contributed by atoms with Gasteiger partial charge in [-0.25, -0.2) is 4.98 Å². The van der Waals surface area contributed by atoms with Gasteiger partial charge >= 0.3 is 0 Å². The van der Waals surface area contributed by atoms with Gasteiger partial charge in [-0.05, 0) is 25.5 Å². The molecule has 0 amide bonds. The largest absolute Gasteiger partial charge is 0.338 e. The molecule has 148 valence electrons. The number of benzene rings is 2. The van der Waals surface area contributed by atoms with E-state index in [-0.39, 0.29) is 5.56 Å². The van der Waals surface area contributed by atoms with E-state index in [9.17, 15) is 4.79 Å². The first-order valence-corrected chi connectivity index (χ1v) is 10.7. The molecule has 0 atom stereocenters. The van der Waals surface area contributed by atoms with Crippen LogP contribution in [-0.4, -0.2) is 19.7 Å². The minimum absolute atomic E-state index is 0.00239. The Labute approximate surface area is 173 Å². The van der Waals surface area contributed by atoms with Crippen LogP contribution in [0.1, 0.15) is 31.2 Å². The summed E-state index contributed by atoms with van der Waals surface area (Å²) in [5.41, 5.74) is 2.80. The highest BCUT2D eigenvalue weighted by Gasteiger charge is 2.14. The zero-order chi connectivity index (χ0) is 20.2. The average molecular weight is 407 g/mol. The second-order valence-electron chi connectivity index (χ2n) is 6.89. The van der Waals surface area contributed by atoms with Crippen LogP contribution in [0, 0.1) is 6.92 Å². The van der Waals surface area contributed by atoms with Crippen molar-refractivity contribution in [2.75, 3.05) is 0 Å². The lowest BCUT2D eigenvalue weighted by Crippen LogP contribution is -2.23. The fraction of sp³-hybridized carbons (Fsp3) is 0.273. The monoisotopic (exact) mass is 406 g/mol. The molecule has 7 heteroatoms. The molecule has 29 heavy (non-hydrogen) atoms. The molecule has 2 heterocycles. The molecule has 0 fully saturated rings. The molecule has 0 saturated carbocycles. The van der Waals surface area contributed by atoms with Gasteiger partial charge in [0.25, 0.3) is 5.56 Å². The van der Waals surface area contributed by atoms with E-state index in [1.165, 1.54) is 17.3 Å². The average Bonchev–Trinajstić information content (AvgIpc) is 3.21. The number of fused-ring (bicyclic) bond motifs is 1. The number of nitrogens with zero attached hydrogens (tertiary/aromatic N) is 4. The van der Waals surface area contributed by atoms with Crippen molar-refractivity contribution < 1.29 is 4.52 Å². The molecule has 0 N–H and O–H groups in total. The van der Waals surface area contributed by atoms with Crippen LogP contribution in [0.2, 0.25) is 0 Å². The van der Waals surface area contributed by atoms with Crippen LogP contribution in [-0.2, 0) is 12.3 Å². The standard InChI is InChI=1S/C22H22N4O2S/c1-3-4-13-26-21(27)17-7-5-6-8-18(17)23-22(26)29-14-19-24-20(25-28-19)16-11-9-15(2)10-12-16/h5-12H,3-4,13-14H2,1-2H3. The number of para-hydroxylation sites is 1. The SMILES string of the molecule is CCCCn1c(SCc2nc(-c3ccc(C)cc3)no2)nc2ccccc2c1=O. The first kappa shape index (κ1) is 19.4. The van der Waals surface area contributed by atoms with Crippen molar-refractivity contribution in [2.24, 2.45) is 0 Å². The van der Waals surface area contributed by atoms with Gasteiger partial charge in [0, 0.05) is 12.1 Å². The molecule has 0 aliphatic rings. The van der Waals surface area contributed by atoms with Crippen molar-refractivity contribution in [1.29, 1.82) is 0 Å². The molecular weight excluding hydrogens is 384 g/mol. The molecule has 2 aromatic carbocycles. The van der Waals surface area contributed by atoms with Crippen molar-refractivity contribution in [1.82, 2.24) is 19.7 Å². The summed E-state index contributed by atoms with van der Waals surface area (Å²) in [5.74, 6) is 1.53. The minimum atomic E-state index is -0.00239. The number of hydrogen-bond acceptors (Lipinski definition) is 6. The Hall–Kier alpha value is -2.93. The second kappa shape index (κ2) is 8.61. The van der Waals surface area contributed by atoms with E-state index in [0.29, 0.717) is 40.1 Å². The van der Waals surface area contributed by atoms with E-state index in [4.69, 9.17) is 9.51 Å². The van der Waals surface area contributed by atoms with Crippen LogP contribution in [0.3, 0.4) is 0 Å². The van der Waals surface area contributed by atoms with E-state index in [1.54, 1.807) is 4.57 Å². The highest BCUT2D eigenvalue weighted by molar-refractivity contribution is 7.98. The number of hydrogen-bond donors (Lipinski definition) is 0. The van der Waals surface area contributed by atoms with Crippen LogP contribution in [0.15, 0.2) is 63.0 Å². The van der Waals surface area contributed by atoms with Crippen molar-refractivity contribution in [2.45, 2.75) is 44.1 Å². The minimum Gasteiger partial charge on any atom is -0.338 e. The van der Waals surface area contributed by atoms with Gasteiger partial charge in [-0.3, -0.25) is 9.36 Å². The summed E-state index contributed by atoms with van der Waals surface area (Å²) < 4.78 is 7.17. The Morgan fingerprint density at radius 2 is 1.86 bits per heavy atom. The van der Waals surface area contributed by atoms with Gasteiger partial charge in [0.2, 0.25) is 11.7 Å². The van der Waals surface area contributed by atoms with E-state index < -0.39 is 0 Å². The maximum atomic E-state index is 12.9. The van der Waals surface area contributed by atoms with Crippen molar-refractivity contribution >= 4 is 22.7 Å². The summed E-state index contributed by atoms with van der Waals surface area (Å²) in [6.45, 7) is 4.79. The Morgan fingerprint density at radius 3 is 2.66 bits per heavy atom. The van der Waals surface area contributed by atoms with Crippen LogP contribution < -0.4 is 5.56 Å². The smallest absolute Gasteiger partial charge is 0.262 e. The van der Waals surface area contributed by atoms with Crippen LogP contribution in [0.4, 0.5) is 0 Å². The van der Waals surface area contributed by atoms with E-state index in [0.717, 1.165) is 18.4 Å². The molecular formula is C22H22N4O2S. The fourth-order valence-electron chi connectivity index (χ4n) is 3.03. The Kier molecular flexibility index (Phi) is 5.76. The molecule has 4 rings (SSSR count). The van der Waals surface area contributed by atoms with Gasteiger partial charge in [0.05, 0.1) is 16.7 Å². The van der Waals surface area contributed by atoms with Gasteiger partial charge < -0.3 is 4.52 Å². The summed E-state index contributed by atoms with van der Waals surface area (Å²) in [4.78, 5) is 22.1. The van der Waals surface area contributed by atoms with Gasteiger partial charge in [-0.2, -0.15) is 4.98 Å². The molecule has 2 aromatic heterocycles. The zero-order valence-corrected chi connectivity index (χ0v) is 17.3. The molecule has 0 bridgehead atoms. The Bertz CT molecular complexity index is 1180. The molecule has 0 aliphatic carbocycles. The first-order chi connectivity index (χ1) is 14.2. The molecule has 0 unspecified atom stereocenters. The number of unbranched alkanes of at least 4 members (excludes halogenated alkanes) is 1. The fourth-order valence-corrected chi connectivity index (χ4v) is 3.89. The maximum absolute atomic E-state index is 12.9. The van der Waals surface area contributed by atoms with Gasteiger partial charge in [-0.15, -0.1) is 0 Å². The van der Waals surface area contributed by atoms with Gasteiger partial charge in [-0.1, -0.05) is 72.2 Å². The molecule has 0 radical (unpaired) electrons. The van der Waals surface area contributed by atoms with E-state index in [1.807, 2.05) is 55.5 Å². The van der Waals surface area contributed by atoms with Crippen LogP contribution in [0.25, 0.3) is 22.3 Å². The zero-order valence-electron chi connectivity index (χ0n) is 16.5. The number of aryl methyl sites for hydroxylation is 1. The molecule has 0 saturated heterocycles. The van der Waals surface area contributed by atoms with E-state index in [2.05, 4.69) is 17.1 Å². The third kappa shape index (κ3) is 4.24. The van der Waals surface area contributed by atoms with Gasteiger partial charge in [0.15, 0.2) is 5.16 Å². The predicted molar refractivity (Wildman–Crippen MR) is 115 cm³/mol. The molecule has 6 nitrogen and oxygen atoms in total. The van der Waals surface area contributed by atoms with Crippen molar-refractivity contribution in [3.63, 3.8) is 0 Å². The number of aromatic nitrogens is 4. The summed E-state index contributed by atoms with van der Waals surface area (Å²) in [5, 5.41) is 5.40. The lowest BCUT2D eigenvalue weighted by Gasteiger charge is -2.12. The highest BCUT2D eigenvalue weighted by atomic mass is 32.2. The molecule has 0 spiro atoms. The normalized spacial score (nSPS) is 11.2. The highest BCUT2D eigenvalue weighted by Crippen LogP contribution is 2.24. The Morgan fingerprint density at radius 1 is 1.07 bits per heavy atom. The molecule has 0 aliphatic heterocycles. The van der Waals surface area contributed by atoms with Gasteiger partial charge in [0.1, 0.15) is 0 Å². The van der Waals surface area contributed by atoms with Crippen LogP contribution >= 0.6 is 11.8 Å². The predicted octanol–water partition coefficient (Wildman–Crippen LogP) is 4.85. The number of thioether (sulfide) groups is 1. The topological polar surface area (TPSA) is 73.8 Å². The first-order valence-electron chi connectivity index (χ1n) is 9.67. The summed E-state index contributed by atoms with van der Waals surface area (Å²) in [7, 11) is 0. The quantitative estimate of drug-likeness (QED) is 0.323. The summed E-state index contributed by atoms with van der Waals surface area (Å²) in [6.07, 6.45) is 1.93. The van der Waals surface area contributed by atoms with E-state index >= 15 is 0 Å². The van der Waals surface area contributed by atoms with Crippen molar-refractivity contribution in [3.05, 3.63) is 70.3 Å². The summed E-state index contributed by atoms with van der Waals surface area (Å²) in [6, 6.07) is 15.4. The third-order valence-corrected chi connectivity index (χ3v) is 5.63. The molecule has 4 aromatic rings. The lowest BCUT2D eigenvalue weighted by molar-refractivity contribution is 0.391. The third-order valence-electron chi connectivity index (χ3n) is 4.66. The lowest BCUT2D eigenvalue weighted by atomic mass is 10.1. The maximum Gasteiger partial charge on any atom is 0.262 e. The van der Waals surface area contributed by atoms with Crippen LogP contribution in [0.5, 0.6) is 0 Å².